The number of rotatable bonds is 4. The molecule has 19 heavy (non-hydrogen) atoms. The highest BCUT2D eigenvalue weighted by molar-refractivity contribution is 5.86. The minimum atomic E-state index is -0.778. The highest BCUT2D eigenvalue weighted by atomic mass is 16.3. The Kier molecular flexibility index (Phi) is 4.53. The second kappa shape index (κ2) is 6.35. The molecule has 1 fully saturated rings. The molecule has 3 atom stereocenters. The Morgan fingerprint density at radius 3 is 2.74 bits per heavy atom. The van der Waals surface area contributed by atoms with Crippen molar-refractivity contribution in [2.45, 2.75) is 31.3 Å². The average molecular weight is 258 g/mol. The summed E-state index contributed by atoms with van der Waals surface area (Å²) in [5.74, 6) is -0.938. The quantitative estimate of drug-likeness (QED) is 0.861. The molecule has 4 nitrogen and oxygen atoms in total. The van der Waals surface area contributed by atoms with Crippen molar-refractivity contribution >= 4 is 5.91 Å². The van der Waals surface area contributed by atoms with Gasteiger partial charge in [-0.2, -0.15) is 5.26 Å². The molecule has 1 amide bonds. The standard InChI is InChI=1S/C15H18N2O2/c16-9-13(11-5-2-1-3-6-11)15(19)17-10-12-7-4-8-14(12)18/h1-3,5-6,12-14,18H,4,7-8,10H2,(H,17,19). The fourth-order valence-electron chi connectivity index (χ4n) is 2.52. The number of benzene rings is 1. The van der Waals surface area contributed by atoms with Crippen molar-refractivity contribution in [1.29, 1.82) is 5.26 Å². The summed E-state index contributed by atoms with van der Waals surface area (Å²) in [4.78, 5) is 12.0. The Morgan fingerprint density at radius 2 is 2.16 bits per heavy atom. The number of amides is 1. The Balaban J connectivity index is 1.93. The van der Waals surface area contributed by atoms with Gasteiger partial charge in [0.1, 0.15) is 5.92 Å². The summed E-state index contributed by atoms with van der Waals surface area (Å²) in [6.07, 6.45) is 2.42. The number of nitrogens with one attached hydrogen (secondary N) is 1. The molecule has 4 heteroatoms. The summed E-state index contributed by atoms with van der Waals surface area (Å²) in [7, 11) is 0. The number of nitriles is 1. The smallest absolute Gasteiger partial charge is 0.241 e. The van der Waals surface area contributed by atoms with E-state index < -0.39 is 5.92 Å². The van der Waals surface area contributed by atoms with E-state index in [9.17, 15) is 9.90 Å². The van der Waals surface area contributed by atoms with E-state index in [1.165, 1.54) is 0 Å². The maximum Gasteiger partial charge on any atom is 0.241 e. The number of hydrogen-bond acceptors (Lipinski definition) is 3. The van der Waals surface area contributed by atoms with Crippen molar-refractivity contribution in [2.24, 2.45) is 5.92 Å². The third-order valence-corrected chi connectivity index (χ3v) is 3.68. The van der Waals surface area contributed by atoms with Crippen molar-refractivity contribution in [3.8, 4) is 6.07 Å². The number of aliphatic hydroxyl groups excluding tert-OH is 1. The van der Waals surface area contributed by atoms with E-state index in [4.69, 9.17) is 5.26 Å². The molecule has 2 rings (SSSR count). The lowest BCUT2D eigenvalue weighted by atomic mass is 9.99. The molecule has 1 aliphatic rings. The molecule has 0 radical (unpaired) electrons. The zero-order valence-electron chi connectivity index (χ0n) is 10.7. The topological polar surface area (TPSA) is 73.1 Å². The monoisotopic (exact) mass is 258 g/mol. The van der Waals surface area contributed by atoms with Crippen LogP contribution >= 0.6 is 0 Å². The molecule has 0 spiro atoms. The van der Waals surface area contributed by atoms with Crippen molar-refractivity contribution in [3.05, 3.63) is 35.9 Å². The van der Waals surface area contributed by atoms with Crippen LogP contribution in [0, 0.1) is 17.2 Å². The van der Waals surface area contributed by atoms with Crippen LogP contribution in [0.2, 0.25) is 0 Å². The van der Waals surface area contributed by atoms with Crippen LogP contribution in [0.25, 0.3) is 0 Å². The van der Waals surface area contributed by atoms with Gasteiger partial charge in [-0.05, 0) is 18.4 Å². The maximum atomic E-state index is 12.0. The van der Waals surface area contributed by atoms with Crippen molar-refractivity contribution in [3.63, 3.8) is 0 Å². The first-order valence-corrected chi connectivity index (χ1v) is 6.62. The van der Waals surface area contributed by atoms with Crippen LogP contribution in [0.1, 0.15) is 30.7 Å². The lowest BCUT2D eigenvalue weighted by molar-refractivity contribution is -0.121. The number of aliphatic hydroxyl groups is 1. The van der Waals surface area contributed by atoms with Gasteiger partial charge < -0.3 is 10.4 Å². The Labute approximate surface area is 113 Å². The van der Waals surface area contributed by atoms with Crippen LogP contribution in [0.15, 0.2) is 30.3 Å². The highest BCUT2D eigenvalue weighted by Gasteiger charge is 2.27. The first-order chi connectivity index (χ1) is 9.22. The number of nitrogens with zero attached hydrogens (tertiary/aromatic N) is 1. The zero-order chi connectivity index (χ0) is 13.7. The van der Waals surface area contributed by atoms with Gasteiger partial charge in [0.15, 0.2) is 0 Å². The van der Waals surface area contributed by atoms with Gasteiger partial charge in [0.05, 0.1) is 12.2 Å². The van der Waals surface area contributed by atoms with Crippen molar-refractivity contribution < 1.29 is 9.90 Å². The van der Waals surface area contributed by atoms with Crippen LogP contribution in [0.5, 0.6) is 0 Å². The van der Waals surface area contributed by atoms with Crippen LogP contribution < -0.4 is 5.32 Å². The maximum absolute atomic E-state index is 12.0. The van der Waals surface area contributed by atoms with Gasteiger partial charge in [0.2, 0.25) is 5.91 Å². The SMILES string of the molecule is N#CC(C(=O)NCC1CCCC1O)c1ccccc1. The van der Waals surface area contributed by atoms with Crippen molar-refractivity contribution in [1.82, 2.24) is 5.32 Å². The van der Waals surface area contributed by atoms with Gasteiger partial charge in [-0.25, -0.2) is 0 Å². The predicted octanol–water partition coefficient (Wildman–Crippen LogP) is 1.57. The van der Waals surface area contributed by atoms with E-state index in [0.29, 0.717) is 12.1 Å². The van der Waals surface area contributed by atoms with E-state index in [1.807, 2.05) is 24.3 Å². The largest absolute Gasteiger partial charge is 0.393 e. The van der Waals surface area contributed by atoms with E-state index in [2.05, 4.69) is 5.32 Å². The summed E-state index contributed by atoms with van der Waals surface area (Å²) >= 11 is 0. The lowest BCUT2D eigenvalue weighted by Crippen LogP contribution is -2.35. The first-order valence-electron chi connectivity index (χ1n) is 6.62. The second-order valence-corrected chi connectivity index (χ2v) is 4.98. The van der Waals surface area contributed by atoms with Gasteiger partial charge in [-0.1, -0.05) is 36.8 Å². The minimum Gasteiger partial charge on any atom is -0.393 e. The van der Waals surface area contributed by atoms with Gasteiger partial charge in [0.25, 0.3) is 0 Å². The third kappa shape index (κ3) is 3.33. The molecule has 0 bridgehead atoms. The number of carbonyl (C=O) groups excluding carboxylic acids is 1. The van der Waals surface area contributed by atoms with Gasteiger partial charge in [-0.3, -0.25) is 4.79 Å². The molecule has 2 N–H and O–H groups in total. The Morgan fingerprint density at radius 1 is 1.42 bits per heavy atom. The molecule has 3 unspecified atom stereocenters. The lowest BCUT2D eigenvalue weighted by Gasteiger charge is -2.16. The molecule has 1 aromatic rings. The fourth-order valence-corrected chi connectivity index (χ4v) is 2.52. The Hall–Kier alpha value is -1.86. The number of hydrogen-bond donors (Lipinski definition) is 2. The molecule has 1 aromatic carbocycles. The molecule has 0 aromatic heterocycles. The highest BCUT2D eigenvalue weighted by Crippen LogP contribution is 2.25. The van der Waals surface area contributed by atoms with Crippen LogP contribution in [0.3, 0.4) is 0 Å². The Bertz CT molecular complexity index is 467. The third-order valence-electron chi connectivity index (χ3n) is 3.68. The summed E-state index contributed by atoms with van der Waals surface area (Å²) in [6, 6.07) is 11.1. The first kappa shape index (κ1) is 13.6. The summed E-state index contributed by atoms with van der Waals surface area (Å²) in [5.41, 5.74) is 0.703. The summed E-state index contributed by atoms with van der Waals surface area (Å²) in [6.45, 7) is 0.449. The van der Waals surface area contributed by atoms with Crippen LogP contribution in [-0.2, 0) is 4.79 Å². The molecule has 100 valence electrons. The molecule has 0 aliphatic heterocycles. The molecular formula is C15H18N2O2. The molecule has 0 saturated heterocycles. The fraction of sp³-hybridized carbons (Fsp3) is 0.467. The summed E-state index contributed by atoms with van der Waals surface area (Å²) < 4.78 is 0. The minimum absolute atomic E-state index is 0.124. The molecule has 0 heterocycles. The van der Waals surface area contributed by atoms with Crippen molar-refractivity contribution in [2.75, 3.05) is 6.54 Å². The van der Waals surface area contributed by atoms with Crippen LogP contribution in [-0.4, -0.2) is 23.7 Å². The number of carbonyl (C=O) groups is 1. The molecule has 1 saturated carbocycles. The summed E-state index contributed by atoms with van der Waals surface area (Å²) in [5, 5.41) is 21.6. The van der Waals surface area contributed by atoms with Gasteiger partial charge in [-0.15, -0.1) is 0 Å². The van der Waals surface area contributed by atoms with Gasteiger partial charge >= 0.3 is 0 Å². The van der Waals surface area contributed by atoms with E-state index in [0.717, 1.165) is 19.3 Å². The normalized spacial score (nSPS) is 23.6. The van der Waals surface area contributed by atoms with E-state index >= 15 is 0 Å². The van der Waals surface area contributed by atoms with E-state index in [1.54, 1.807) is 12.1 Å². The molecule has 1 aliphatic carbocycles. The van der Waals surface area contributed by atoms with Crippen LogP contribution in [0.4, 0.5) is 0 Å². The van der Waals surface area contributed by atoms with Gasteiger partial charge in [0, 0.05) is 12.5 Å². The predicted molar refractivity (Wildman–Crippen MR) is 71.2 cm³/mol. The molecular weight excluding hydrogens is 240 g/mol. The van der Waals surface area contributed by atoms with E-state index in [-0.39, 0.29) is 17.9 Å². The zero-order valence-corrected chi connectivity index (χ0v) is 10.7. The average Bonchev–Trinajstić information content (AvgIpc) is 2.84. The second-order valence-electron chi connectivity index (χ2n) is 4.98.